The summed E-state index contributed by atoms with van der Waals surface area (Å²) in [6.45, 7) is 4.70. The van der Waals surface area contributed by atoms with Crippen molar-refractivity contribution in [3.05, 3.63) is 52.5 Å². The molecule has 26 heavy (non-hydrogen) atoms. The van der Waals surface area contributed by atoms with Gasteiger partial charge in [-0.15, -0.1) is 0 Å². The van der Waals surface area contributed by atoms with E-state index in [1.807, 2.05) is 13.8 Å². The summed E-state index contributed by atoms with van der Waals surface area (Å²) in [5.41, 5.74) is 3.59. The largest absolute Gasteiger partial charge is 0.497 e. The molecule has 0 atom stereocenters. The number of nitrogens with zero attached hydrogens (tertiary/aromatic N) is 1. The van der Waals surface area contributed by atoms with Crippen LogP contribution in [0.25, 0.3) is 0 Å². The standard InChI is InChI=1S/C19H21ClN2O4/c1-4-25-17-10-13(9-16(20)18(17)26-5-2)12-21-22-19(23)14-7-6-8-15(11-14)24-3/h6-12H,4-5H2,1-3H3,(H,22,23)/b21-12+. The Morgan fingerprint density at radius 3 is 2.65 bits per heavy atom. The first kappa shape index (κ1) is 19.6. The number of hydrogen-bond acceptors (Lipinski definition) is 5. The fourth-order valence-corrected chi connectivity index (χ4v) is 2.48. The fourth-order valence-electron chi connectivity index (χ4n) is 2.20. The zero-order valence-electron chi connectivity index (χ0n) is 14.9. The summed E-state index contributed by atoms with van der Waals surface area (Å²) < 4.78 is 16.2. The normalized spacial score (nSPS) is 10.6. The molecule has 0 fully saturated rings. The van der Waals surface area contributed by atoms with E-state index in [2.05, 4.69) is 10.5 Å². The maximum Gasteiger partial charge on any atom is 0.271 e. The molecule has 0 aliphatic carbocycles. The van der Waals surface area contributed by atoms with E-state index in [4.69, 9.17) is 25.8 Å². The summed E-state index contributed by atoms with van der Waals surface area (Å²) in [5, 5.41) is 4.39. The zero-order chi connectivity index (χ0) is 18.9. The smallest absolute Gasteiger partial charge is 0.271 e. The Morgan fingerprint density at radius 1 is 1.19 bits per heavy atom. The second kappa shape index (κ2) is 9.68. The van der Waals surface area contributed by atoms with Crippen LogP contribution in [0.4, 0.5) is 0 Å². The third-order valence-electron chi connectivity index (χ3n) is 3.33. The number of halogens is 1. The lowest BCUT2D eigenvalue weighted by molar-refractivity contribution is 0.0955. The predicted octanol–water partition coefficient (Wildman–Crippen LogP) is 3.91. The average molecular weight is 377 g/mol. The van der Waals surface area contributed by atoms with Crippen LogP contribution in [0.1, 0.15) is 29.8 Å². The van der Waals surface area contributed by atoms with Gasteiger partial charge in [-0.3, -0.25) is 4.79 Å². The molecule has 0 spiro atoms. The van der Waals surface area contributed by atoms with Crippen LogP contribution in [0.3, 0.4) is 0 Å². The van der Waals surface area contributed by atoms with E-state index >= 15 is 0 Å². The molecule has 0 aromatic heterocycles. The van der Waals surface area contributed by atoms with Gasteiger partial charge in [0.15, 0.2) is 11.5 Å². The first-order chi connectivity index (χ1) is 12.6. The number of nitrogens with one attached hydrogen (secondary N) is 1. The van der Waals surface area contributed by atoms with Gasteiger partial charge in [-0.2, -0.15) is 5.10 Å². The lowest BCUT2D eigenvalue weighted by Gasteiger charge is -2.13. The first-order valence-corrected chi connectivity index (χ1v) is 8.53. The number of carbonyl (C=O) groups excluding carboxylic acids is 1. The molecule has 7 heteroatoms. The number of hydrogen-bond donors (Lipinski definition) is 1. The molecule has 0 aliphatic heterocycles. The summed E-state index contributed by atoms with van der Waals surface area (Å²) in [4.78, 5) is 12.1. The van der Waals surface area contributed by atoms with E-state index in [9.17, 15) is 4.79 Å². The van der Waals surface area contributed by atoms with Crippen LogP contribution in [0.15, 0.2) is 41.5 Å². The van der Waals surface area contributed by atoms with Gasteiger partial charge < -0.3 is 14.2 Å². The molecule has 0 bridgehead atoms. The van der Waals surface area contributed by atoms with Gasteiger partial charge in [-0.05, 0) is 49.7 Å². The highest BCUT2D eigenvalue weighted by molar-refractivity contribution is 6.32. The van der Waals surface area contributed by atoms with Crippen LogP contribution in [-0.2, 0) is 0 Å². The number of rotatable bonds is 8. The molecule has 1 amide bonds. The molecule has 0 heterocycles. The van der Waals surface area contributed by atoms with Crippen molar-refractivity contribution in [2.45, 2.75) is 13.8 Å². The van der Waals surface area contributed by atoms with Gasteiger partial charge in [0.1, 0.15) is 5.75 Å². The van der Waals surface area contributed by atoms with E-state index in [1.54, 1.807) is 43.5 Å². The second-order valence-corrected chi connectivity index (χ2v) is 5.53. The van der Waals surface area contributed by atoms with Gasteiger partial charge in [-0.25, -0.2) is 5.43 Å². The Labute approximate surface area is 157 Å². The number of benzene rings is 2. The minimum Gasteiger partial charge on any atom is -0.497 e. The number of hydrazone groups is 1. The summed E-state index contributed by atoms with van der Waals surface area (Å²) in [5.74, 6) is 1.28. The number of methoxy groups -OCH3 is 1. The van der Waals surface area contributed by atoms with Crippen LogP contribution in [0.2, 0.25) is 5.02 Å². The average Bonchev–Trinajstić information content (AvgIpc) is 2.64. The van der Waals surface area contributed by atoms with E-state index in [1.165, 1.54) is 6.21 Å². The van der Waals surface area contributed by atoms with Crippen LogP contribution in [0, 0.1) is 0 Å². The second-order valence-electron chi connectivity index (χ2n) is 5.13. The van der Waals surface area contributed by atoms with Crippen molar-refractivity contribution < 1.29 is 19.0 Å². The molecule has 2 rings (SSSR count). The van der Waals surface area contributed by atoms with Gasteiger partial charge in [0.25, 0.3) is 5.91 Å². The molecule has 0 saturated carbocycles. The molecule has 2 aromatic rings. The molecule has 0 unspecified atom stereocenters. The zero-order valence-corrected chi connectivity index (χ0v) is 15.7. The van der Waals surface area contributed by atoms with Gasteiger partial charge in [0.05, 0.1) is 31.6 Å². The van der Waals surface area contributed by atoms with E-state index in [0.717, 1.165) is 0 Å². The van der Waals surface area contributed by atoms with Gasteiger partial charge in [0, 0.05) is 5.56 Å². The van der Waals surface area contributed by atoms with E-state index in [-0.39, 0.29) is 5.91 Å². The third kappa shape index (κ3) is 5.13. The lowest BCUT2D eigenvalue weighted by atomic mass is 10.2. The molecule has 0 aliphatic rings. The lowest BCUT2D eigenvalue weighted by Crippen LogP contribution is -2.17. The van der Waals surface area contributed by atoms with Crippen molar-refractivity contribution in [3.8, 4) is 17.2 Å². The summed E-state index contributed by atoms with van der Waals surface area (Å²) >= 11 is 6.25. The van der Waals surface area contributed by atoms with Crippen LogP contribution < -0.4 is 19.6 Å². The Morgan fingerprint density at radius 2 is 1.96 bits per heavy atom. The highest BCUT2D eigenvalue weighted by atomic mass is 35.5. The summed E-state index contributed by atoms with van der Waals surface area (Å²) in [7, 11) is 1.54. The molecular weight excluding hydrogens is 356 g/mol. The monoisotopic (exact) mass is 376 g/mol. The summed E-state index contributed by atoms with van der Waals surface area (Å²) in [6.07, 6.45) is 1.49. The Hall–Kier alpha value is -2.73. The third-order valence-corrected chi connectivity index (χ3v) is 3.61. The van der Waals surface area contributed by atoms with Crippen molar-refractivity contribution in [1.82, 2.24) is 5.43 Å². The Balaban J connectivity index is 2.13. The maximum atomic E-state index is 12.1. The van der Waals surface area contributed by atoms with Crippen molar-refractivity contribution in [2.24, 2.45) is 5.10 Å². The molecule has 0 saturated heterocycles. The minimum atomic E-state index is -0.345. The number of carbonyl (C=O) groups is 1. The number of ether oxygens (including phenoxy) is 3. The van der Waals surface area contributed by atoms with Crippen LogP contribution in [-0.4, -0.2) is 32.4 Å². The first-order valence-electron chi connectivity index (χ1n) is 8.15. The van der Waals surface area contributed by atoms with Gasteiger partial charge >= 0.3 is 0 Å². The van der Waals surface area contributed by atoms with Gasteiger partial charge in [-0.1, -0.05) is 17.7 Å². The topological polar surface area (TPSA) is 69.2 Å². The fraction of sp³-hybridized carbons (Fsp3) is 0.263. The Kier molecular flexibility index (Phi) is 7.29. The van der Waals surface area contributed by atoms with Crippen molar-refractivity contribution in [3.63, 3.8) is 0 Å². The SMILES string of the molecule is CCOc1cc(/C=N/NC(=O)c2cccc(OC)c2)cc(Cl)c1OCC. The van der Waals surface area contributed by atoms with Crippen molar-refractivity contribution in [1.29, 1.82) is 0 Å². The maximum absolute atomic E-state index is 12.1. The van der Waals surface area contributed by atoms with E-state index in [0.29, 0.717) is 46.6 Å². The molecule has 138 valence electrons. The predicted molar refractivity (Wildman–Crippen MR) is 102 cm³/mol. The van der Waals surface area contributed by atoms with E-state index < -0.39 is 0 Å². The Bertz CT molecular complexity index is 793. The molecule has 2 aromatic carbocycles. The summed E-state index contributed by atoms with van der Waals surface area (Å²) in [6, 6.07) is 10.2. The molecule has 1 N–H and O–H groups in total. The molecular formula is C19H21ClN2O4. The van der Waals surface area contributed by atoms with Crippen LogP contribution in [0.5, 0.6) is 17.2 Å². The quantitative estimate of drug-likeness (QED) is 0.560. The highest BCUT2D eigenvalue weighted by Gasteiger charge is 2.11. The van der Waals surface area contributed by atoms with Crippen molar-refractivity contribution in [2.75, 3.05) is 20.3 Å². The van der Waals surface area contributed by atoms with Gasteiger partial charge in [0.2, 0.25) is 0 Å². The highest BCUT2D eigenvalue weighted by Crippen LogP contribution is 2.36. The number of amides is 1. The minimum absolute atomic E-state index is 0.345. The molecule has 6 nitrogen and oxygen atoms in total. The van der Waals surface area contributed by atoms with Crippen molar-refractivity contribution >= 4 is 23.7 Å². The van der Waals surface area contributed by atoms with Crippen LogP contribution >= 0.6 is 11.6 Å². The molecule has 0 radical (unpaired) electrons.